The van der Waals surface area contributed by atoms with Gasteiger partial charge in [-0.25, -0.2) is 0 Å². The third-order valence-electron chi connectivity index (χ3n) is 4.03. The van der Waals surface area contributed by atoms with Crippen molar-refractivity contribution in [2.75, 3.05) is 4.90 Å². The summed E-state index contributed by atoms with van der Waals surface area (Å²) < 4.78 is 33.7. The van der Waals surface area contributed by atoms with Crippen molar-refractivity contribution >= 4 is 33.3 Å². The van der Waals surface area contributed by atoms with Gasteiger partial charge in [0.2, 0.25) is 0 Å². The first-order valence-electron chi connectivity index (χ1n) is 7.61. The molecule has 0 spiro atoms. The Morgan fingerprint density at radius 1 is 1.09 bits per heavy atom. The van der Waals surface area contributed by atoms with E-state index in [4.69, 9.17) is 0 Å². The van der Waals surface area contributed by atoms with Crippen molar-refractivity contribution in [2.45, 2.75) is 41.9 Å². The molecule has 1 heterocycles. The highest BCUT2D eigenvalue weighted by Crippen LogP contribution is 2.51. The Kier molecular flexibility index (Phi) is 4.40. The number of aryl methyl sites for hydroxylation is 1. The fraction of sp³-hybridized carbons (Fsp3) is 0.294. The summed E-state index contributed by atoms with van der Waals surface area (Å²) in [5, 5.41) is -0.990. The van der Waals surface area contributed by atoms with Crippen LogP contribution in [0, 0.1) is 0 Å². The Hall–Kier alpha value is -1.50. The van der Waals surface area contributed by atoms with Crippen molar-refractivity contribution in [3.63, 3.8) is 0 Å². The molecule has 0 fully saturated rings. The van der Waals surface area contributed by atoms with E-state index in [-0.39, 0.29) is 0 Å². The number of para-hydroxylation sites is 2. The highest BCUT2D eigenvalue weighted by atomic mass is 32.2. The lowest BCUT2D eigenvalue weighted by molar-refractivity contribution is 0.464. The van der Waals surface area contributed by atoms with E-state index in [1.807, 2.05) is 49.4 Å². The smallest absolute Gasteiger partial charge is 0.286 e. The molecule has 0 aromatic heterocycles. The molecule has 122 valence electrons. The summed E-state index contributed by atoms with van der Waals surface area (Å²) in [5.41, 5.74) is 2.80. The summed E-state index contributed by atoms with van der Waals surface area (Å²) in [6.07, 6.45) is 1.10. The molecule has 1 aliphatic rings. The van der Waals surface area contributed by atoms with E-state index in [9.17, 15) is 13.0 Å². The van der Waals surface area contributed by atoms with E-state index in [2.05, 4.69) is 0 Å². The van der Waals surface area contributed by atoms with E-state index < -0.39 is 15.5 Å². The van der Waals surface area contributed by atoms with E-state index in [1.54, 1.807) is 23.6 Å². The molecule has 0 aliphatic carbocycles. The second kappa shape index (κ2) is 6.19. The number of fused-ring (bicyclic) bond motifs is 2. The van der Waals surface area contributed by atoms with Gasteiger partial charge in [0.15, 0.2) is 5.37 Å². The standard InChI is InChI=1S/C17H19NO3S2/c1-3-12-8-7-11-15-17(12)18(16(4-2)23(19,20)21)13-9-5-6-10-14(13)22-15/h5-11,16H,3-4H2,1-2H3,(H,19,20,21). The van der Waals surface area contributed by atoms with Crippen molar-refractivity contribution in [2.24, 2.45) is 0 Å². The topological polar surface area (TPSA) is 57.6 Å². The maximum atomic E-state index is 12.0. The van der Waals surface area contributed by atoms with Crippen LogP contribution in [-0.2, 0) is 16.5 Å². The molecule has 2 aromatic carbocycles. The molecule has 2 aromatic rings. The van der Waals surface area contributed by atoms with Gasteiger partial charge in [-0.15, -0.1) is 0 Å². The normalized spacial score (nSPS) is 15.0. The van der Waals surface area contributed by atoms with Gasteiger partial charge < -0.3 is 4.90 Å². The predicted molar refractivity (Wildman–Crippen MR) is 94.2 cm³/mol. The average Bonchev–Trinajstić information content (AvgIpc) is 2.53. The Balaban J connectivity index is 2.30. The highest BCUT2D eigenvalue weighted by molar-refractivity contribution is 7.99. The van der Waals surface area contributed by atoms with Crippen LogP contribution in [0.15, 0.2) is 52.3 Å². The number of hydrogen-bond acceptors (Lipinski definition) is 4. The molecule has 0 bridgehead atoms. The summed E-state index contributed by atoms with van der Waals surface area (Å²) in [4.78, 5) is 3.80. The Bertz CT molecular complexity index is 833. The number of hydrogen-bond donors (Lipinski definition) is 1. The van der Waals surface area contributed by atoms with Crippen molar-refractivity contribution in [3.8, 4) is 0 Å². The second-order valence-corrected chi connectivity index (χ2v) is 8.09. The second-order valence-electron chi connectivity index (χ2n) is 5.44. The van der Waals surface area contributed by atoms with Gasteiger partial charge in [-0.05, 0) is 36.6 Å². The molecule has 1 N–H and O–H groups in total. The first-order chi connectivity index (χ1) is 11.0. The highest BCUT2D eigenvalue weighted by Gasteiger charge is 2.36. The average molecular weight is 349 g/mol. The van der Waals surface area contributed by atoms with Crippen LogP contribution in [0.4, 0.5) is 11.4 Å². The fourth-order valence-electron chi connectivity index (χ4n) is 3.02. The molecule has 3 rings (SSSR count). The van der Waals surface area contributed by atoms with Gasteiger partial charge >= 0.3 is 0 Å². The lowest BCUT2D eigenvalue weighted by Gasteiger charge is -2.38. The van der Waals surface area contributed by atoms with Crippen molar-refractivity contribution in [1.29, 1.82) is 0 Å². The largest absolute Gasteiger partial charge is 0.319 e. The molecule has 1 atom stereocenters. The summed E-state index contributed by atoms with van der Waals surface area (Å²) in [5.74, 6) is 0. The molecule has 23 heavy (non-hydrogen) atoms. The molecule has 1 unspecified atom stereocenters. The van der Waals surface area contributed by atoms with Crippen LogP contribution in [0.2, 0.25) is 0 Å². The van der Waals surface area contributed by atoms with Crippen molar-refractivity contribution < 1.29 is 13.0 Å². The van der Waals surface area contributed by atoms with Crippen LogP contribution in [0.5, 0.6) is 0 Å². The Morgan fingerprint density at radius 3 is 2.43 bits per heavy atom. The first-order valence-corrected chi connectivity index (χ1v) is 9.93. The lowest BCUT2D eigenvalue weighted by atomic mass is 10.1. The third-order valence-corrected chi connectivity index (χ3v) is 6.38. The summed E-state index contributed by atoms with van der Waals surface area (Å²) in [6, 6.07) is 13.7. The van der Waals surface area contributed by atoms with E-state index in [0.717, 1.165) is 33.2 Å². The number of benzene rings is 2. The fourth-order valence-corrected chi connectivity index (χ4v) is 5.05. The molecule has 0 amide bonds. The van der Waals surface area contributed by atoms with E-state index in [1.165, 1.54) is 0 Å². The van der Waals surface area contributed by atoms with Gasteiger partial charge in [-0.1, -0.05) is 49.9 Å². The van der Waals surface area contributed by atoms with E-state index >= 15 is 0 Å². The van der Waals surface area contributed by atoms with Gasteiger partial charge in [0, 0.05) is 9.79 Å². The molecule has 0 saturated heterocycles. The van der Waals surface area contributed by atoms with Crippen LogP contribution in [0.3, 0.4) is 0 Å². The van der Waals surface area contributed by atoms with Crippen molar-refractivity contribution in [1.82, 2.24) is 0 Å². The van der Waals surface area contributed by atoms with Gasteiger partial charge in [0.1, 0.15) is 0 Å². The summed E-state index contributed by atoms with van der Waals surface area (Å²) in [6.45, 7) is 3.82. The zero-order valence-corrected chi connectivity index (χ0v) is 14.7. The van der Waals surface area contributed by atoms with Crippen LogP contribution < -0.4 is 4.90 Å². The zero-order valence-electron chi connectivity index (χ0n) is 13.1. The van der Waals surface area contributed by atoms with Crippen LogP contribution in [-0.4, -0.2) is 18.3 Å². The predicted octanol–water partition coefficient (Wildman–Crippen LogP) is 4.48. The lowest BCUT2D eigenvalue weighted by Crippen LogP contribution is -2.39. The maximum Gasteiger partial charge on any atom is 0.286 e. The number of anilines is 2. The molecule has 0 radical (unpaired) electrons. The molecule has 6 heteroatoms. The number of nitrogens with zero attached hydrogens (tertiary/aromatic N) is 1. The van der Waals surface area contributed by atoms with Gasteiger partial charge in [0.25, 0.3) is 10.1 Å². The zero-order chi connectivity index (χ0) is 16.6. The maximum absolute atomic E-state index is 12.0. The Labute approximate surface area is 141 Å². The first kappa shape index (κ1) is 16.4. The third kappa shape index (κ3) is 2.86. The minimum Gasteiger partial charge on any atom is -0.319 e. The van der Waals surface area contributed by atoms with Crippen LogP contribution in [0.25, 0.3) is 0 Å². The van der Waals surface area contributed by atoms with Gasteiger partial charge in [-0.2, -0.15) is 8.42 Å². The minimum absolute atomic E-state index is 0.301. The van der Waals surface area contributed by atoms with E-state index in [0.29, 0.717) is 6.42 Å². The monoisotopic (exact) mass is 349 g/mol. The molecular formula is C17H19NO3S2. The van der Waals surface area contributed by atoms with Crippen LogP contribution in [0.1, 0.15) is 25.8 Å². The summed E-state index contributed by atoms with van der Waals surface area (Å²) in [7, 11) is -4.21. The van der Waals surface area contributed by atoms with Crippen molar-refractivity contribution in [3.05, 3.63) is 48.0 Å². The van der Waals surface area contributed by atoms with Gasteiger partial charge in [-0.3, -0.25) is 4.55 Å². The van der Waals surface area contributed by atoms with Gasteiger partial charge in [0.05, 0.1) is 11.4 Å². The molecular weight excluding hydrogens is 330 g/mol. The quantitative estimate of drug-likeness (QED) is 0.825. The Morgan fingerprint density at radius 2 is 1.78 bits per heavy atom. The molecule has 0 saturated carbocycles. The minimum atomic E-state index is -4.21. The molecule has 1 aliphatic heterocycles. The number of rotatable bonds is 4. The van der Waals surface area contributed by atoms with Crippen LogP contribution >= 0.6 is 11.8 Å². The molecule has 4 nitrogen and oxygen atoms in total. The summed E-state index contributed by atoms with van der Waals surface area (Å²) >= 11 is 1.64. The SMILES string of the molecule is CCc1cccc2c1N(C(CC)S(=O)(=O)O)c1ccccc1S2.